The third-order valence-corrected chi connectivity index (χ3v) is 2.96. The van der Waals surface area contributed by atoms with Gasteiger partial charge in [-0.05, 0) is 22.8 Å². The van der Waals surface area contributed by atoms with E-state index in [1.165, 1.54) is 0 Å². The number of nitrogens with two attached hydrogens (primary N) is 1. The normalized spacial score (nSPS) is 13.1. The SMILES string of the molecule is Cl.N[C@@H](CCC(F)(F)F)c1cccc2ccccc12. The molecule has 0 unspecified atom stereocenters. The third kappa shape index (κ3) is 4.11. The van der Waals surface area contributed by atoms with Gasteiger partial charge >= 0.3 is 6.18 Å². The number of halogens is 4. The van der Waals surface area contributed by atoms with Crippen LogP contribution in [0.15, 0.2) is 42.5 Å². The Morgan fingerprint density at radius 2 is 1.63 bits per heavy atom. The van der Waals surface area contributed by atoms with Gasteiger partial charge in [-0.15, -0.1) is 12.4 Å². The van der Waals surface area contributed by atoms with Gasteiger partial charge in [0.25, 0.3) is 0 Å². The van der Waals surface area contributed by atoms with Crippen LogP contribution in [0, 0.1) is 0 Å². The highest BCUT2D eigenvalue weighted by Gasteiger charge is 2.28. The first-order valence-electron chi connectivity index (χ1n) is 5.77. The van der Waals surface area contributed by atoms with E-state index >= 15 is 0 Å². The maximum atomic E-state index is 12.2. The number of hydrogen-bond acceptors (Lipinski definition) is 1. The molecule has 2 rings (SSSR count). The first-order valence-corrected chi connectivity index (χ1v) is 5.77. The van der Waals surface area contributed by atoms with Crippen LogP contribution in [0.1, 0.15) is 24.4 Å². The minimum atomic E-state index is -4.15. The molecule has 0 amide bonds. The van der Waals surface area contributed by atoms with Crippen molar-refractivity contribution in [3.63, 3.8) is 0 Å². The highest BCUT2D eigenvalue weighted by molar-refractivity contribution is 5.86. The molecular weight excluding hydrogens is 275 g/mol. The molecule has 0 saturated heterocycles. The van der Waals surface area contributed by atoms with Crippen LogP contribution in [-0.2, 0) is 0 Å². The molecule has 0 spiro atoms. The molecule has 0 aliphatic heterocycles. The van der Waals surface area contributed by atoms with Gasteiger partial charge in [-0.2, -0.15) is 13.2 Å². The van der Waals surface area contributed by atoms with Crippen LogP contribution in [-0.4, -0.2) is 6.18 Å². The molecule has 1 atom stereocenters. The molecule has 2 N–H and O–H groups in total. The first kappa shape index (κ1) is 15.8. The number of fused-ring (bicyclic) bond motifs is 1. The molecule has 0 aliphatic rings. The summed E-state index contributed by atoms with van der Waals surface area (Å²) in [6.45, 7) is 0. The van der Waals surface area contributed by atoms with Crippen molar-refractivity contribution in [2.75, 3.05) is 0 Å². The lowest BCUT2D eigenvalue weighted by atomic mass is 9.96. The molecule has 0 saturated carbocycles. The van der Waals surface area contributed by atoms with E-state index in [4.69, 9.17) is 5.73 Å². The van der Waals surface area contributed by atoms with Gasteiger partial charge in [-0.25, -0.2) is 0 Å². The fourth-order valence-electron chi connectivity index (χ4n) is 2.05. The second-order valence-corrected chi connectivity index (χ2v) is 4.33. The van der Waals surface area contributed by atoms with E-state index in [2.05, 4.69) is 0 Å². The van der Waals surface area contributed by atoms with Crippen LogP contribution in [0.25, 0.3) is 10.8 Å². The van der Waals surface area contributed by atoms with E-state index < -0.39 is 18.6 Å². The van der Waals surface area contributed by atoms with Gasteiger partial charge in [0.15, 0.2) is 0 Å². The molecule has 2 aromatic carbocycles. The molecule has 0 aromatic heterocycles. The van der Waals surface area contributed by atoms with E-state index in [0.717, 1.165) is 16.3 Å². The van der Waals surface area contributed by atoms with Crippen molar-refractivity contribution >= 4 is 23.2 Å². The molecule has 0 bridgehead atoms. The molecule has 1 nitrogen and oxygen atoms in total. The topological polar surface area (TPSA) is 26.0 Å². The van der Waals surface area contributed by atoms with E-state index in [0.29, 0.717) is 0 Å². The van der Waals surface area contributed by atoms with Crippen LogP contribution in [0.5, 0.6) is 0 Å². The summed E-state index contributed by atoms with van der Waals surface area (Å²) in [5.74, 6) is 0. The number of alkyl halides is 3. The molecule has 19 heavy (non-hydrogen) atoms. The summed E-state index contributed by atoms with van der Waals surface area (Å²) in [6, 6.07) is 12.5. The lowest BCUT2D eigenvalue weighted by Gasteiger charge is -2.15. The van der Waals surface area contributed by atoms with Gasteiger partial charge in [0.05, 0.1) is 0 Å². The van der Waals surface area contributed by atoms with Crippen molar-refractivity contribution in [1.82, 2.24) is 0 Å². The van der Waals surface area contributed by atoms with Crippen LogP contribution in [0.4, 0.5) is 13.2 Å². The van der Waals surface area contributed by atoms with Crippen molar-refractivity contribution in [2.24, 2.45) is 5.73 Å². The average Bonchev–Trinajstić information content (AvgIpc) is 2.34. The Morgan fingerprint density at radius 1 is 1.00 bits per heavy atom. The van der Waals surface area contributed by atoms with Crippen molar-refractivity contribution in [3.05, 3.63) is 48.0 Å². The van der Waals surface area contributed by atoms with Crippen LogP contribution in [0.3, 0.4) is 0 Å². The summed E-state index contributed by atoms with van der Waals surface area (Å²) >= 11 is 0. The summed E-state index contributed by atoms with van der Waals surface area (Å²) < 4.78 is 36.6. The van der Waals surface area contributed by atoms with Crippen LogP contribution in [0.2, 0.25) is 0 Å². The number of benzene rings is 2. The Kier molecular flexibility index (Phi) is 5.20. The summed E-state index contributed by atoms with van der Waals surface area (Å²) in [7, 11) is 0. The fourth-order valence-corrected chi connectivity index (χ4v) is 2.05. The molecule has 0 heterocycles. The highest BCUT2D eigenvalue weighted by Crippen LogP contribution is 2.29. The lowest BCUT2D eigenvalue weighted by molar-refractivity contribution is -0.136. The van der Waals surface area contributed by atoms with E-state index in [1.807, 2.05) is 36.4 Å². The maximum absolute atomic E-state index is 12.2. The van der Waals surface area contributed by atoms with Crippen molar-refractivity contribution in [2.45, 2.75) is 25.1 Å². The van der Waals surface area contributed by atoms with Gasteiger partial charge in [-0.3, -0.25) is 0 Å². The summed E-state index contributed by atoms with van der Waals surface area (Å²) in [5, 5.41) is 1.92. The number of hydrogen-bond donors (Lipinski definition) is 1. The standard InChI is InChI=1S/C14H14F3N.ClH/c15-14(16,17)9-8-13(18)12-7-3-5-10-4-1-2-6-11(10)12;/h1-7,13H,8-9,18H2;1H/t13-;/m0./s1. The molecular formula is C14H15ClF3N. The maximum Gasteiger partial charge on any atom is 0.389 e. The highest BCUT2D eigenvalue weighted by atomic mass is 35.5. The van der Waals surface area contributed by atoms with Crippen LogP contribution >= 0.6 is 12.4 Å². The Balaban J connectivity index is 0.00000180. The molecule has 0 radical (unpaired) electrons. The van der Waals surface area contributed by atoms with Crippen molar-refractivity contribution < 1.29 is 13.2 Å². The predicted molar refractivity (Wildman–Crippen MR) is 73.4 cm³/mol. The van der Waals surface area contributed by atoms with E-state index in [9.17, 15) is 13.2 Å². The number of rotatable bonds is 3. The molecule has 0 aliphatic carbocycles. The molecule has 5 heteroatoms. The third-order valence-electron chi connectivity index (χ3n) is 2.96. The van der Waals surface area contributed by atoms with E-state index in [-0.39, 0.29) is 18.8 Å². The van der Waals surface area contributed by atoms with Gasteiger partial charge < -0.3 is 5.73 Å². The van der Waals surface area contributed by atoms with Crippen molar-refractivity contribution in [1.29, 1.82) is 0 Å². The Labute approximate surface area is 116 Å². The first-order chi connectivity index (χ1) is 8.47. The second-order valence-electron chi connectivity index (χ2n) is 4.33. The van der Waals surface area contributed by atoms with Gasteiger partial charge in [0.2, 0.25) is 0 Å². The minimum Gasteiger partial charge on any atom is -0.324 e. The fraction of sp³-hybridized carbons (Fsp3) is 0.286. The molecule has 104 valence electrons. The average molecular weight is 290 g/mol. The largest absolute Gasteiger partial charge is 0.389 e. The molecule has 2 aromatic rings. The smallest absolute Gasteiger partial charge is 0.324 e. The van der Waals surface area contributed by atoms with E-state index in [1.54, 1.807) is 6.07 Å². The summed E-state index contributed by atoms with van der Waals surface area (Å²) in [4.78, 5) is 0. The zero-order valence-electron chi connectivity index (χ0n) is 10.2. The minimum absolute atomic E-state index is 0. The lowest BCUT2D eigenvalue weighted by Crippen LogP contribution is -2.16. The van der Waals surface area contributed by atoms with Crippen molar-refractivity contribution in [3.8, 4) is 0 Å². The van der Waals surface area contributed by atoms with Gasteiger partial charge in [0.1, 0.15) is 0 Å². The zero-order chi connectivity index (χ0) is 13.2. The quantitative estimate of drug-likeness (QED) is 0.878. The predicted octanol–water partition coefficient (Wildman–Crippen LogP) is 4.60. The Bertz CT molecular complexity index is 534. The Morgan fingerprint density at radius 3 is 2.32 bits per heavy atom. The summed E-state index contributed by atoms with van der Waals surface area (Å²) in [5.41, 5.74) is 6.64. The van der Waals surface area contributed by atoms with Gasteiger partial charge in [-0.1, -0.05) is 42.5 Å². The Hall–Kier alpha value is -1.26. The monoisotopic (exact) mass is 289 g/mol. The second kappa shape index (κ2) is 6.26. The summed E-state index contributed by atoms with van der Waals surface area (Å²) in [6.07, 6.45) is -5.09. The molecule has 0 fully saturated rings. The zero-order valence-corrected chi connectivity index (χ0v) is 11.0. The van der Waals surface area contributed by atoms with Gasteiger partial charge in [0, 0.05) is 12.5 Å². The van der Waals surface area contributed by atoms with Crippen LogP contribution < -0.4 is 5.73 Å².